The van der Waals surface area contributed by atoms with Crippen LogP contribution >= 0.6 is 0 Å². The van der Waals surface area contributed by atoms with Gasteiger partial charge in [0.1, 0.15) is 0 Å². The third-order valence-electron chi connectivity index (χ3n) is 0.689. The predicted molar refractivity (Wildman–Crippen MR) is 44.0 cm³/mol. The average Bonchev–Trinajstić information content (AvgIpc) is 1.99. The molecule has 0 aliphatic rings. The van der Waals surface area contributed by atoms with Gasteiger partial charge in [-0.1, -0.05) is 0 Å². The van der Waals surface area contributed by atoms with E-state index in [1.807, 2.05) is 0 Å². The van der Waals surface area contributed by atoms with Gasteiger partial charge in [-0.25, -0.2) is 0 Å². The second-order valence-electron chi connectivity index (χ2n) is 2.48. The Hall–Kier alpha value is 4.39. The predicted octanol–water partition coefficient (Wildman–Crippen LogP) is -18.3. The van der Waals surface area contributed by atoms with Gasteiger partial charge in [0.25, 0.3) is 0 Å². The van der Waals surface area contributed by atoms with Gasteiger partial charge < -0.3 is 45.3 Å². The van der Waals surface area contributed by atoms with E-state index in [0.29, 0.717) is 0 Å². The molecule has 2 N–H and O–H groups in total. The summed E-state index contributed by atoms with van der Waals surface area (Å²) < 4.78 is 0. The van der Waals surface area contributed by atoms with Crippen molar-refractivity contribution < 1.29 is 245 Å². The number of hydrogen-bond donors (Lipinski definition) is 1. The monoisotopic (exact) mass is 405 g/mol. The van der Waals surface area contributed by atoms with Gasteiger partial charge in [0.05, 0.1) is 5.97 Å². The average molecular weight is 406 g/mol. The Morgan fingerprint density at radius 2 is 1.00 bits per heavy atom. The van der Waals surface area contributed by atoms with Gasteiger partial charge in [-0.2, -0.15) is 0 Å². The molecule has 9 nitrogen and oxygen atoms in total. The van der Waals surface area contributed by atoms with E-state index in [-0.39, 0.29) is 206 Å². The number of hydrogen-bond acceptors (Lipinski definition) is 9. The Balaban J connectivity index is -0.0000000285. The van der Waals surface area contributed by atoms with Crippen LogP contribution in [0.3, 0.4) is 0 Å². The molecule has 0 rings (SSSR count). The maximum atomic E-state index is 9.71. The number of carbonyl (C=O) groups is 4. The third-order valence-corrected chi connectivity index (χ3v) is 0.689. The van der Waals surface area contributed by atoms with Crippen molar-refractivity contribution >= 4 is 23.9 Å². The van der Waals surface area contributed by atoms with Crippen LogP contribution in [0, 0.1) is 0 Å². The molecular formula is C8H11K4NO8. The van der Waals surface area contributed by atoms with Crippen molar-refractivity contribution in [2.24, 2.45) is 5.73 Å². The van der Waals surface area contributed by atoms with Crippen LogP contribution < -0.4 is 232 Å². The van der Waals surface area contributed by atoms with Gasteiger partial charge in [0.15, 0.2) is 0 Å². The van der Waals surface area contributed by atoms with Crippen LogP contribution in [-0.4, -0.2) is 29.9 Å². The summed E-state index contributed by atoms with van der Waals surface area (Å²) in [4.78, 5) is 37.1. The maximum Gasteiger partial charge on any atom is 1.00 e. The molecule has 0 bridgehead atoms. The Bertz CT molecular complexity index is 269. The van der Waals surface area contributed by atoms with Crippen LogP contribution in [0.2, 0.25) is 0 Å². The number of carbonyl (C=O) groups excluding carboxylic acids is 4. The quantitative estimate of drug-likeness (QED) is 0.445. The molecule has 0 aliphatic heterocycles. The Morgan fingerprint density at radius 3 is 1.05 bits per heavy atom. The molecule has 0 unspecified atom stereocenters. The first-order chi connectivity index (χ1) is 7.50. The van der Waals surface area contributed by atoms with Crippen molar-refractivity contribution in [3.8, 4) is 0 Å². The molecule has 0 fully saturated rings. The second-order valence-corrected chi connectivity index (χ2v) is 2.48. The van der Waals surface area contributed by atoms with E-state index < -0.39 is 36.3 Å². The van der Waals surface area contributed by atoms with E-state index in [9.17, 15) is 19.8 Å². The molecule has 0 aromatic carbocycles. The summed E-state index contributed by atoms with van der Waals surface area (Å²) in [5.41, 5.74) is 4.73. The van der Waals surface area contributed by atoms with Gasteiger partial charge in [-0.3, -0.25) is 0 Å². The van der Waals surface area contributed by atoms with Crippen LogP contribution in [0.25, 0.3) is 0 Å². The minimum absolute atomic E-state index is 0. The van der Waals surface area contributed by atoms with Crippen LogP contribution in [0.15, 0.2) is 0 Å². The van der Waals surface area contributed by atoms with Gasteiger partial charge in [0.2, 0.25) is 0 Å². The molecule has 0 saturated heterocycles. The molecule has 0 aromatic rings. The number of carboxylic acids is 4. The summed E-state index contributed by atoms with van der Waals surface area (Å²) in [7, 11) is 0. The fourth-order valence-electron chi connectivity index (χ4n) is 0.263. The van der Waals surface area contributed by atoms with Crippen molar-refractivity contribution in [3.63, 3.8) is 0 Å². The molecule has 0 aliphatic carbocycles. The topological polar surface area (TPSA) is 187 Å². The molecule has 21 heavy (non-hydrogen) atoms. The summed E-state index contributed by atoms with van der Waals surface area (Å²) >= 11 is 0. The maximum absolute atomic E-state index is 9.71. The zero-order valence-corrected chi connectivity index (χ0v) is 25.6. The van der Waals surface area contributed by atoms with Crippen LogP contribution in [-0.2, 0) is 19.2 Å². The van der Waals surface area contributed by atoms with Crippen molar-refractivity contribution in [3.05, 3.63) is 0 Å². The number of rotatable bonds is 3. The molecular weight excluding hydrogens is 394 g/mol. The normalized spacial score (nSPS) is 7.76. The molecule has 0 heterocycles. The van der Waals surface area contributed by atoms with Crippen LogP contribution in [0.5, 0.6) is 0 Å². The molecule has 0 amide bonds. The molecule has 0 saturated carbocycles. The molecule has 100 valence electrons. The summed E-state index contributed by atoms with van der Waals surface area (Å²) in [6.45, 7) is 1.94. The Labute approximate surface area is 292 Å². The van der Waals surface area contributed by atoms with Crippen LogP contribution in [0.1, 0.15) is 20.3 Å². The van der Waals surface area contributed by atoms with E-state index in [0.717, 1.165) is 13.8 Å². The smallest absolute Gasteiger partial charge is 0.550 e. The Kier molecular flexibility index (Phi) is 68.2. The van der Waals surface area contributed by atoms with Crippen LogP contribution in [0.4, 0.5) is 0 Å². The number of nitrogens with two attached hydrogens (primary N) is 1. The summed E-state index contributed by atoms with van der Waals surface area (Å²) in [5, 5.41) is 37.1. The fourth-order valence-corrected chi connectivity index (χ4v) is 0.263. The standard InChI is InChI=1S/C4H7NO4.2C2H4O2.4K/c5-2(4(8)9)1-3(6)7;2*1-2(3)4;;;;/h2H,1,5H2,(H,6,7)(H,8,9);2*1H3,(H,3,4);;;;/q;;;4*+1/p-4/t2-;;;;;;/m0....../s1. The summed E-state index contributed by atoms with van der Waals surface area (Å²) in [5.74, 6) is -5.24. The zero-order chi connectivity index (χ0) is 14.6. The van der Waals surface area contributed by atoms with Crippen molar-refractivity contribution in [2.45, 2.75) is 26.3 Å². The number of aliphatic carboxylic acids is 4. The molecule has 0 aromatic heterocycles. The van der Waals surface area contributed by atoms with Crippen molar-refractivity contribution in [1.82, 2.24) is 0 Å². The van der Waals surface area contributed by atoms with Gasteiger partial charge >= 0.3 is 206 Å². The Morgan fingerprint density at radius 1 is 0.810 bits per heavy atom. The fraction of sp³-hybridized carbons (Fsp3) is 0.500. The number of carboxylic acid groups (broad SMARTS) is 4. The minimum Gasteiger partial charge on any atom is -0.550 e. The second kappa shape index (κ2) is 32.1. The first-order valence-corrected chi connectivity index (χ1v) is 4.02. The first kappa shape index (κ1) is 44.7. The SMILES string of the molecule is CC(=O)[O-].CC(=O)[O-].N[C@@H](CC(=O)[O-])C(=O)[O-].[K+].[K+].[K+].[K+]. The van der Waals surface area contributed by atoms with E-state index in [1.54, 1.807) is 0 Å². The largest absolute Gasteiger partial charge is 1.00 e. The molecule has 0 radical (unpaired) electrons. The van der Waals surface area contributed by atoms with Gasteiger partial charge in [0, 0.05) is 30.4 Å². The van der Waals surface area contributed by atoms with Crippen molar-refractivity contribution in [2.75, 3.05) is 0 Å². The summed E-state index contributed by atoms with van der Waals surface area (Å²) in [6.07, 6.45) is -0.706. The minimum atomic E-state index is -1.58. The van der Waals surface area contributed by atoms with Gasteiger partial charge in [-0.15, -0.1) is 0 Å². The summed E-state index contributed by atoms with van der Waals surface area (Å²) in [6, 6.07) is -1.46. The first-order valence-electron chi connectivity index (χ1n) is 4.02. The van der Waals surface area contributed by atoms with E-state index in [4.69, 9.17) is 25.5 Å². The van der Waals surface area contributed by atoms with E-state index in [1.165, 1.54) is 0 Å². The van der Waals surface area contributed by atoms with E-state index >= 15 is 0 Å². The molecule has 1 atom stereocenters. The molecule has 13 heteroatoms. The van der Waals surface area contributed by atoms with Crippen molar-refractivity contribution in [1.29, 1.82) is 0 Å². The zero-order valence-electron chi connectivity index (χ0n) is 13.1. The molecule has 0 spiro atoms. The third kappa shape index (κ3) is 79.7. The van der Waals surface area contributed by atoms with E-state index in [2.05, 4.69) is 0 Å². The van der Waals surface area contributed by atoms with Gasteiger partial charge in [-0.05, 0) is 13.8 Å².